The van der Waals surface area contributed by atoms with Crippen LogP contribution in [-0.2, 0) is 6.18 Å². The van der Waals surface area contributed by atoms with Crippen molar-refractivity contribution >= 4 is 26.8 Å². The molecule has 0 saturated carbocycles. The Morgan fingerprint density at radius 2 is 1.88 bits per heavy atom. The molecule has 0 fully saturated rings. The molecule has 6 heteroatoms. The summed E-state index contributed by atoms with van der Waals surface area (Å²) in [5.41, 5.74) is 0.108. The van der Waals surface area contributed by atoms with Gasteiger partial charge in [0.2, 0.25) is 0 Å². The maximum atomic E-state index is 12.7. The Balaban J connectivity index is 2.85. The van der Waals surface area contributed by atoms with E-state index in [9.17, 15) is 13.2 Å². The van der Waals surface area contributed by atoms with Crippen LogP contribution in [0.5, 0.6) is 0 Å². The number of hydrogen-bond acceptors (Lipinski definition) is 2. The number of fused-ring (bicyclic) bond motifs is 1. The van der Waals surface area contributed by atoms with Crippen LogP contribution in [-0.4, -0.2) is 9.97 Å². The van der Waals surface area contributed by atoms with Crippen molar-refractivity contribution in [3.63, 3.8) is 0 Å². The van der Waals surface area contributed by atoms with E-state index in [2.05, 4.69) is 25.9 Å². The van der Waals surface area contributed by atoms with E-state index in [1.165, 1.54) is 6.07 Å². The van der Waals surface area contributed by atoms with E-state index in [0.717, 1.165) is 5.56 Å². The molecule has 0 aliphatic heterocycles. The lowest BCUT2D eigenvalue weighted by molar-refractivity contribution is -0.139. The summed E-state index contributed by atoms with van der Waals surface area (Å²) in [5, 5.41) is 0.0238. The highest BCUT2D eigenvalue weighted by Gasteiger charge is 2.35. The normalized spacial score (nSPS) is 12.1. The van der Waals surface area contributed by atoms with Crippen LogP contribution < -0.4 is 0 Å². The molecule has 0 saturated heterocycles. The zero-order chi connectivity index (χ0) is 11.9. The fourth-order valence-corrected chi connectivity index (χ4v) is 1.80. The van der Waals surface area contributed by atoms with Crippen LogP contribution in [0.3, 0.4) is 0 Å². The Morgan fingerprint density at radius 3 is 2.50 bits per heavy atom. The molecule has 0 spiro atoms. The van der Waals surface area contributed by atoms with E-state index in [4.69, 9.17) is 0 Å². The van der Waals surface area contributed by atoms with Crippen molar-refractivity contribution in [2.45, 2.75) is 13.1 Å². The molecule has 0 N–H and O–H groups in total. The van der Waals surface area contributed by atoms with E-state index >= 15 is 0 Å². The molecule has 0 aliphatic rings. The van der Waals surface area contributed by atoms with Crippen molar-refractivity contribution in [1.29, 1.82) is 0 Å². The highest BCUT2D eigenvalue weighted by Crippen LogP contribution is 2.33. The monoisotopic (exact) mass is 290 g/mol. The summed E-state index contributed by atoms with van der Waals surface area (Å²) >= 11 is 2.87. The maximum absolute atomic E-state index is 12.7. The Hall–Kier alpha value is -1.17. The second-order valence-corrected chi connectivity index (χ2v) is 4.07. The van der Waals surface area contributed by atoms with Crippen LogP contribution >= 0.6 is 15.9 Å². The van der Waals surface area contributed by atoms with Gasteiger partial charge in [-0.2, -0.15) is 13.2 Å². The van der Waals surface area contributed by atoms with E-state index in [1.54, 1.807) is 19.1 Å². The molecule has 0 unspecified atom stereocenters. The van der Waals surface area contributed by atoms with E-state index < -0.39 is 11.9 Å². The third kappa shape index (κ3) is 2.02. The number of nitrogens with zero attached hydrogens (tertiary/aromatic N) is 2. The summed E-state index contributed by atoms with van der Waals surface area (Å²) in [6.07, 6.45) is -4.47. The maximum Gasteiger partial charge on any atom is 0.434 e. The average Bonchev–Trinajstić information content (AvgIpc) is 2.16. The number of hydrogen-bond donors (Lipinski definition) is 0. The predicted octanol–water partition coefficient (Wildman–Crippen LogP) is 3.72. The van der Waals surface area contributed by atoms with Crippen LogP contribution in [0.2, 0.25) is 0 Å². The fraction of sp³-hybridized carbons (Fsp3) is 0.200. The minimum atomic E-state index is -4.47. The van der Waals surface area contributed by atoms with Gasteiger partial charge in [-0.3, -0.25) is 0 Å². The van der Waals surface area contributed by atoms with Gasteiger partial charge in [0, 0.05) is 5.39 Å². The summed E-state index contributed by atoms with van der Waals surface area (Å²) < 4.78 is 38.1. The first kappa shape index (κ1) is 11.3. The third-order valence-electron chi connectivity index (χ3n) is 2.09. The summed E-state index contributed by atoms with van der Waals surface area (Å²) in [6, 6.07) is 4.69. The molecule has 2 nitrogen and oxygen atoms in total. The van der Waals surface area contributed by atoms with Gasteiger partial charge >= 0.3 is 6.18 Å². The van der Waals surface area contributed by atoms with Crippen molar-refractivity contribution in [3.05, 3.63) is 34.2 Å². The summed E-state index contributed by atoms with van der Waals surface area (Å²) in [7, 11) is 0. The molecule has 0 radical (unpaired) electrons. The summed E-state index contributed by atoms with van der Waals surface area (Å²) in [4.78, 5) is 7.29. The summed E-state index contributed by atoms with van der Waals surface area (Å²) in [5.74, 6) is 0. The van der Waals surface area contributed by atoms with E-state index in [-0.39, 0.29) is 15.6 Å². The smallest absolute Gasteiger partial charge is 0.222 e. The molecule has 2 rings (SSSR count). The lowest BCUT2D eigenvalue weighted by Crippen LogP contribution is -2.10. The van der Waals surface area contributed by atoms with Gasteiger partial charge in [0.25, 0.3) is 0 Å². The molecule has 1 heterocycles. The second-order valence-electron chi connectivity index (χ2n) is 3.36. The van der Waals surface area contributed by atoms with Gasteiger partial charge in [0.1, 0.15) is 0 Å². The molecular weight excluding hydrogens is 285 g/mol. The van der Waals surface area contributed by atoms with Crippen LogP contribution in [0.1, 0.15) is 11.3 Å². The standard InChI is InChI=1S/C10H6BrF3N2/c1-5-2-3-7-6(4-5)8(10(12,13)14)16-9(11)15-7/h2-4H,1H3. The molecule has 2 aromatic rings. The Labute approximate surface area is 97.6 Å². The molecule has 1 aromatic carbocycles. The molecule has 16 heavy (non-hydrogen) atoms. The van der Waals surface area contributed by atoms with Crippen molar-refractivity contribution in [3.8, 4) is 0 Å². The van der Waals surface area contributed by atoms with Crippen molar-refractivity contribution in [2.75, 3.05) is 0 Å². The van der Waals surface area contributed by atoms with Gasteiger partial charge in [0.05, 0.1) is 5.52 Å². The SMILES string of the molecule is Cc1ccc2nc(Br)nc(C(F)(F)F)c2c1. The van der Waals surface area contributed by atoms with Crippen molar-refractivity contribution in [1.82, 2.24) is 9.97 Å². The quantitative estimate of drug-likeness (QED) is 0.691. The van der Waals surface area contributed by atoms with Gasteiger partial charge in [-0.25, -0.2) is 9.97 Å². The molecule has 0 amide bonds. The lowest BCUT2D eigenvalue weighted by Gasteiger charge is -2.09. The fourth-order valence-electron chi connectivity index (χ4n) is 1.43. The Bertz CT molecular complexity index is 551. The first-order valence-electron chi connectivity index (χ1n) is 4.39. The van der Waals surface area contributed by atoms with Gasteiger partial charge in [-0.15, -0.1) is 0 Å². The minimum absolute atomic E-state index is 0.0238. The highest BCUT2D eigenvalue weighted by atomic mass is 79.9. The molecule has 0 bridgehead atoms. The van der Waals surface area contributed by atoms with Gasteiger partial charge < -0.3 is 0 Å². The topological polar surface area (TPSA) is 25.8 Å². The van der Waals surface area contributed by atoms with Crippen molar-refractivity contribution in [2.24, 2.45) is 0 Å². The van der Waals surface area contributed by atoms with Crippen LogP contribution in [0.4, 0.5) is 13.2 Å². The first-order valence-corrected chi connectivity index (χ1v) is 5.18. The van der Waals surface area contributed by atoms with Gasteiger partial charge in [-0.1, -0.05) is 11.6 Å². The second kappa shape index (κ2) is 3.69. The number of benzene rings is 1. The minimum Gasteiger partial charge on any atom is -0.222 e. The molecule has 84 valence electrons. The van der Waals surface area contributed by atoms with Gasteiger partial charge in [-0.05, 0) is 35.0 Å². The van der Waals surface area contributed by atoms with Crippen LogP contribution in [0, 0.1) is 6.92 Å². The Morgan fingerprint density at radius 1 is 1.19 bits per heavy atom. The largest absolute Gasteiger partial charge is 0.434 e. The highest BCUT2D eigenvalue weighted by molar-refractivity contribution is 9.10. The zero-order valence-electron chi connectivity index (χ0n) is 8.14. The van der Waals surface area contributed by atoms with Crippen LogP contribution in [0.15, 0.2) is 22.9 Å². The number of halogens is 4. The van der Waals surface area contributed by atoms with Crippen molar-refractivity contribution < 1.29 is 13.2 Å². The molecular formula is C10H6BrF3N2. The number of rotatable bonds is 0. The predicted molar refractivity (Wildman–Crippen MR) is 57.0 cm³/mol. The average molecular weight is 291 g/mol. The first-order chi connectivity index (χ1) is 7.38. The van der Waals surface area contributed by atoms with Gasteiger partial charge in [0.15, 0.2) is 10.4 Å². The molecule has 0 atom stereocenters. The van der Waals surface area contributed by atoms with E-state index in [1.807, 2.05) is 0 Å². The summed E-state index contributed by atoms with van der Waals surface area (Å²) in [6.45, 7) is 1.72. The zero-order valence-corrected chi connectivity index (χ0v) is 9.72. The Kier molecular flexibility index (Phi) is 2.61. The molecule has 1 aromatic heterocycles. The number of aromatic nitrogens is 2. The number of aryl methyl sites for hydroxylation is 1. The number of alkyl halides is 3. The lowest BCUT2D eigenvalue weighted by atomic mass is 10.1. The molecule has 0 aliphatic carbocycles. The third-order valence-corrected chi connectivity index (χ3v) is 2.45. The van der Waals surface area contributed by atoms with Crippen LogP contribution in [0.25, 0.3) is 10.9 Å². The van der Waals surface area contributed by atoms with E-state index in [0.29, 0.717) is 0 Å².